The summed E-state index contributed by atoms with van der Waals surface area (Å²) in [5.74, 6) is -1.30. The normalized spacial score (nSPS) is 29.8. The van der Waals surface area contributed by atoms with E-state index in [1.165, 1.54) is 0 Å². The van der Waals surface area contributed by atoms with Crippen molar-refractivity contribution in [2.75, 3.05) is 0 Å². The fourth-order valence-electron chi connectivity index (χ4n) is 2.35. The van der Waals surface area contributed by atoms with Gasteiger partial charge in [-0.1, -0.05) is 6.92 Å². The zero-order valence-electron chi connectivity index (χ0n) is 11.0. The zero-order valence-corrected chi connectivity index (χ0v) is 11.0. The molecule has 1 rings (SSSR count). The summed E-state index contributed by atoms with van der Waals surface area (Å²) >= 11 is 0. The molecule has 0 spiro atoms. The lowest BCUT2D eigenvalue weighted by molar-refractivity contribution is -0.165. The van der Waals surface area contributed by atoms with Gasteiger partial charge < -0.3 is 9.84 Å². The van der Waals surface area contributed by atoms with Gasteiger partial charge in [0.05, 0.1) is 11.8 Å². The molecule has 17 heavy (non-hydrogen) atoms. The molecule has 0 amide bonds. The molecule has 1 saturated carbocycles. The number of carbonyl (C=O) groups is 2. The molecule has 1 aliphatic rings. The summed E-state index contributed by atoms with van der Waals surface area (Å²) in [4.78, 5) is 22.8. The molecule has 0 radical (unpaired) electrons. The van der Waals surface area contributed by atoms with E-state index < -0.39 is 11.6 Å². The molecule has 0 bridgehead atoms. The van der Waals surface area contributed by atoms with E-state index in [1.807, 2.05) is 27.7 Å². The summed E-state index contributed by atoms with van der Waals surface area (Å²) in [6.45, 7) is 7.47. The van der Waals surface area contributed by atoms with Gasteiger partial charge in [-0.15, -0.1) is 0 Å². The number of carboxylic acids is 1. The molecule has 4 nitrogen and oxygen atoms in total. The number of aliphatic carboxylic acids is 1. The SMILES string of the molecule is CC1CC(C(=O)O)CCC1C(=O)OC(C)(C)C. The topological polar surface area (TPSA) is 63.6 Å². The van der Waals surface area contributed by atoms with Gasteiger partial charge in [-0.3, -0.25) is 9.59 Å². The van der Waals surface area contributed by atoms with Gasteiger partial charge in [-0.2, -0.15) is 0 Å². The van der Waals surface area contributed by atoms with Crippen molar-refractivity contribution < 1.29 is 19.4 Å². The lowest BCUT2D eigenvalue weighted by atomic mass is 9.75. The molecule has 1 fully saturated rings. The molecule has 98 valence electrons. The second-order valence-electron chi connectivity index (χ2n) is 5.97. The molecule has 3 atom stereocenters. The summed E-state index contributed by atoms with van der Waals surface area (Å²) < 4.78 is 5.36. The van der Waals surface area contributed by atoms with Gasteiger partial charge in [-0.25, -0.2) is 0 Å². The maximum Gasteiger partial charge on any atom is 0.309 e. The lowest BCUT2D eigenvalue weighted by Crippen LogP contribution is -2.36. The predicted octanol–water partition coefficient (Wildman–Crippen LogP) is 2.47. The van der Waals surface area contributed by atoms with Crippen LogP contribution in [0.1, 0.15) is 47.0 Å². The van der Waals surface area contributed by atoms with Crippen LogP contribution in [-0.4, -0.2) is 22.6 Å². The second-order valence-corrected chi connectivity index (χ2v) is 5.97. The van der Waals surface area contributed by atoms with Crippen molar-refractivity contribution in [3.05, 3.63) is 0 Å². The van der Waals surface area contributed by atoms with E-state index in [9.17, 15) is 9.59 Å². The molecular weight excluding hydrogens is 220 g/mol. The molecule has 1 aliphatic carbocycles. The summed E-state index contributed by atoms with van der Waals surface area (Å²) in [5.41, 5.74) is -0.472. The molecule has 0 heterocycles. The largest absolute Gasteiger partial charge is 0.481 e. The highest BCUT2D eigenvalue weighted by molar-refractivity contribution is 5.75. The molecule has 0 aromatic carbocycles. The van der Waals surface area contributed by atoms with E-state index in [0.717, 1.165) is 0 Å². The maximum absolute atomic E-state index is 11.9. The van der Waals surface area contributed by atoms with Crippen LogP contribution in [0.4, 0.5) is 0 Å². The van der Waals surface area contributed by atoms with Gasteiger partial charge in [0.1, 0.15) is 5.60 Å². The Bertz CT molecular complexity index is 303. The Hall–Kier alpha value is -1.06. The van der Waals surface area contributed by atoms with Crippen LogP contribution in [0.3, 0.4) is 0 Å². The van der Waals surface area contributed by atoms with E-state index in [-0.39, 0.29) is 23.7 Å². The zero-order chi connectivity index (χ0) is 13.2. The van der Waals surface area contributed by atoms with E-state index in [2.05, 4.69) is 0 Å². The molecule has 0 saturated heterocycles. The number of hydrogen-bond donors (Lipinski definition) is 1. The van der Waals surface area contributed by atoms with Gasteiger partial charge in [-0.05, 0) is 46.0 Å². The van der Waals surface area contributed by atoms with Crippen LogP contribution in [0.15, 0.2) is 0 Å². The van der Waals surface area contributed by atoms with Crippen LogP contribution in [0.2, 0.25) is 0 Å². The smallest absolute Gasteiger partial charge is 0.309 e. The average molecular weight is 242 g/mol. The lowest BCUT2D eigenvalue weighted by Gasteiger charge is -2.32. The van der Waals surface area contributed by atoms with Crippen LogP contribution >= 0.6 is 0 Å². The van der Waals surface area contributed by atoms with Crippen molar-refractivity contribution >= 4 is 11.9 Å². The Morgan fingerprint density at radius 1 is 1.24 bits per heavy atom. The Balaban J connectivity index is 2.58. The van der Waals surface area contributed by atoms with Crippen molar-refractivity contribution in [2.24, 2.45) is 17.8 Å². The number of hydrogen-bond acceptors (Lipinski definition) is 3. The molecule has 4 heteroatoms. The summed E-state index contributed by atoms with van der Waals surface area (Å²) in [6, 6.07) is 0. The highest BCUT2D eigenvalue weighted by atomic mass is 16.6. The first-order chi connectivity index (χ1) is 7.70. The number of rotatable bonds is 2. The summed E-state index contributed by atoms with van der Waals surface area (Å²) in [5, 5.41) is 8.95. The Kier molecular flexibility index (Phi) is 4.17. The van der Waals surface area contributed by atoms with Crippen molar-refractivity contribution in [1.29, 1.82) is 0 Å². The Morgan fingerprint density at radius 2 is 1.82 bits per heavy atom. The van der Waals surface area contributed by atoms with Crippen molar-refractivity contribution in [2.45, 2.75) is 52.6 Å². The molecule has 1 N–H and O–H groups in total. The number of ether oxygens (including phenoxy) is 1. The van der Waals surface area contributed by atoms with Crippen LogP contribution < -0.4 is 0 Å². The highest BCUT2D eigenvalue weighted by Crippen LogP contribution is 2.35. The summed E-state index contributed by atoms with van der Waals surface area (Å²) in [7, 11) is 0. The van der Waals surface area contributed by atoms with Crippen LogP contribution in [-0.2, 0) is 14.3 Å². The molecule has 0 aliphatic heterocycles. The predicted molar refractivity (Wildman–Crippen MR) is 63.5 cm³/mol. The van der Waals surface area contributed by atoms with Gasteiger partial charge in [0.25, 0.3) is 0 Å². The molecular formula is C13H22O4. The first-order valence-electron chi connectivity index (χ1n) is 6.16. The fourth-order valence-corrected chi connectivity index (χ4v) is 2.35. The number of esters is 1. The van der Waals surface area contributed by atoms with Crippen LogP contribution in [0.5, 0.6) is 0 Å². The second kappa shape index (κ2) is 5.07. The maximum atomic E-state index is 11.9. The standard InChI is InChI=1S/C13H22O4/c1-8-7-9(11(14)15)5-6-10(8)12(16)17-13(2,3)4/h8-10H,5-7H2,1-4H3,(H,14,15). The Morgan fingerprint density at radius 3 is 2.24 bits per heavy atom. The van der Waals surface area contributed by atoms with Crippen LogP contribution in [0.25, 0.3) is 0 Å². The summed E-state index contributed by atoms with van der Waals surface area (Å²) in [6.07, 6.45) is 1.76. The quantitative estimate of drug-likeness (QED) is 0.755. The van der Waals surface area contributed by atoms with Gasteiger partial charge >= 0.3 is 11.9 Å². The third-order valence-electron chi connectivity index (χ3n) is 3.23. The van der Waals surface area contributed by atoms with Gasteiger partial charge in [0, 0.05) is 0 Å². The van der Waals surface area contributed by atoms with Crippen LogP contribution in [0, 0.1) is 17.8 Å². The monoisotopic (exact) mass is 242 g/mol. The fraction of sp³-hybridized carbons (Fsp3) is 0.846. The van der Waals surface area contributed by atoms with Gasteiger partial charge in [0.15, 0.2) is 0 Å². The molecule has 3 unspecified atom stereocenters. The van der Waals surface area contributed by atoms with E-state index in [0.29, 0.717) is 19.3 Å². The van der Waals surface area contributed by atoms with Crippen molar-refractivity contribution in [3.63, 3.8) is 0 Å². The molecule has 0 aromatic rings. The minimum Gasteiger partial charge on any atom is -0.481 e. The van der Waals surface area contributed by atoms with E-state index in [4.69, 9.17) is 9.84 Å². The van der Waals surface area contributed by atoms with E-state index >= 15 is 0 Å². The third-order valence-corrected chi connectivity index (χ3v) is 3.23. The highest BCUT2D eigenvalue weighted by Gasteiger charge is 2.37. The first-order valence-corrected chi connectivity index (χ1v) is 6.16. The van der Waals surface area contributed by atoms with Crippen molar-refractivity contribution in [1.82, 2.24) is 0 Å². The number of carboxylic acid groups (broad SMARTS) is 1. The van der Waals surface area contributed by atoms with E-state index in [1.54, 1.807) is 0 Å². The Labute approximate surface area is 102 Å². The molecule has 0 aromatic heterocycles. The minimum absolute atomic E-state index is 0.0831. The third kappa shape index (κ3) is 4.02. The van der Waals surface area contributed by atoms with Crippen molar-refractivity contribution in [3.8, 4) is 0 Å². The van der Waals surface area contributed by atoms with Gasteiger partial charge in [0.2, 0.25) is 0 Å². The first kappa shape index (κ1) is 14.0. The average Bonchev–Trinajstić information content (AvgIpc) is 2.14. The minimum atomic E-state index is -0.750. The number of carbonyl (C=O) groups excluding carboxylic acids is 1.